The van der Waals surface area contributed by atoms with Crippen LogP contribution in [0, 0.1) is 17.3 Å². The van der Waals surface area contributed by atoms with Crippen molar-refractivity contribution in [3.63, 3.8) is 0 Å². The molecule has 0 spiro atoms. The van der Waals surface area contributed by atoms with Gasteiger partial charge in [-0.3, -0.25) is 14.4 Å². The second kappa shape index (κ2) is 5.62. The first kappa shape index (κ1) is 18.1. The summed E-state index contributed by atoms with van der Waals surface area (Å²) >= 11 is 0. The molecule has 1 aliphatic heterocycles. The average molecular weight is 374 g/mol. The van der Waals surface area contributed by atoms with E-state index in [0.29, 0.717) is 18.4 Å². The lowest BCUT2D eigenvalue weighted by Crippen LogP contribution is -2.44. The lowest BCUT2D eigenvalue weighted by Gasteiger charge is -2.38. The van der Waals surface area contributed by atoms with Gasteiger partial charge in [-0.15, -0.1) is 0 Å². The van der Waals surface area contributed by atoms with Gasteiger partial charge in [0, 0.05) is 22.6 Å². The number of hydrogen-bond acceptors (Lipinski definition) is 7. The van der Waals surface area contributed by atoms with Gasteiger partial charge in [-0.25, -0.2) is 0 Å². The summed E-state index contributed by atoms with van der Waals surface area (Å²) < 4.78 is 5.47. The van der Waals surface area contributed by atoms with Gasteiger partial charge in [-0.1, -0.05) is 13.8 Å². The smallest absolute Gasteiger partial charge is 0.312 e. The molecule has 4 rings (SSSR count). The van der Waals surface area contributed by atoms with Crippen molar-refractivity contribution < 1.29 is 34.4 Å². The summed E-state index contributed by atoms with van der Waals surface area (Å²) in [5, 5.41) is 32.2. The van der Waals surface area contributed by atoms with Crippen molar-refractivity contribution >= 4 is 17.5 Å². The normalized spacial score (nSPS) is 38.6. The van der Waals surface area contributed by atoms with Crippen LogP contribution < -0.4 is 0 Å². The lowest BCUT2D eigenvalue weighted by molar-refractivity contribution is -0.151. The van der Waals surface area contributed by atoms with Crippen LogP contribution in [-0.4, -0.2) is 51.2 Å². The molecular weight excluding hydrogens is 352 g/mol. The third-order valence-electron chi connectivity index (χ3n) is 6.40. The summed E-state index contributed by atoms with van der Waals surface area (Å²) in [5.41, 5.74) is -0.824. The molecule has 5 atom stereocenters. The molecular formula is C20H22O7. The summed E-state index contributed by atoms with van der Waals surface area (Å²) in [6, 6.07) is 0. The molecule has 1 saturated carbocycles. The van der Waals surface area contributed by atoms with E-state index in [9.17, 15) is 29.7 Å². The molecule has 3 N–H and O–H groups in total. The molecule has 3 aliphatic carbocycles. The zero-order valence-electron chi connectivity index (χ0n) is 15.4. The maximum Gasteiger partial charge on any atom is 0.312 e. The maximum atomic E-state index is 12.8. The van der Waals surface area contributed by atoms with E-state index >= 15 is 0 Å². The number of carbonyl (C=O) groups excluding carboxylic acids is 3. The highest BCUT2D eigenvalue weighted by Gasteiger charge is 2.62. The predicted molar refractivity (Wildman–Crippen MR) is 92.3 cm³/mol. The van der Waals surface area contributed by atoms with Gasteiger partial charge < -0.3 is 20.1 Å². The first-order valence-electron chi connectivity index (χ1n) is 9.15. The molecule has 144 valence electrons. The minimum absolute atomic E-state index is 0.0614. The summed E-state index contributed by atoms with van der Waals surface area (Å²) in [7, 11) is 0. The highest BCUT2D eigenvalue weighted by atomic mass is 16.6. The minimum atomic E-state index is -1.47. The van der Waals surface area contributed by atoms with Crippen LogP contribution in [0.3, 0.4) is 0 Å². The van der Waals surface area contributed by atoms with Gasteiger partial charge in [0.1, 0.15) is 18.0 Å². The van der Waals surface area contributed by atoms with Gasteiger partial charge in [0.15, 0.2) is 0 Å². The zero-order chi connectivity index (χ0) is 19.8. The average Bonchev–Trinajstić information content (AvgIpc) is 2.77. The molecule has 0 amide bonds. The molecule has 4 aliphatic rings. The van der Waals surface area contributed by atoms with Crippen molar-refractivity contribution in [2.45, 2.75) is 51.9 Å². The van der Waals surface area contributed by atoms with Gasteiger partial charge in [-0.05, 0) is 37.3 Å². The number of ketones is 2. The first-order valence-corrected chi connectivity index (χ1v) is 9.15. The van der Waals surface area contributed by atoms with Crippen LogP contribution in [0.1, 0.15) is 33.6 Å². The second-order valence-electron chi connectivity index (χ2n) is 8.31. The molecule has 7 heteroatoms. The molecule has 0 aromatic rings. The maximum absolute atomic E-state index is 12.8. The fourth-order valence-electron chi connectivity index (χ4n) is 4.93. The van der Waals surface area contributed by atoms with E-state index in [1.807, 2.05) is 0 Å². The topological polar surface area (TPSA) is 121 Å². The van der Waals surface area contributed by atoms with Gasteiger partial charge in [0.2, 0.25) is 11.6 Å². The van der Waals surface area contributed by atoms with Gasteiger partial charge in [0.25, 0.3) is 0 Å². The van der Waals surface area contributed by atoms with E-state index in [-0.39, 0.29) is 16.7 Å². The second-order valence-corrected chi connectivity index (χ2v) is 8.31. The SMILES string of the molecule is CC(C)C1=C(O)C2=C(C=C3C(O)CCC4(C)C(=O)OC(C2O)C34)C(=O)C1=O. The number of aliphatic hydroxyl groups is 3. The van der Waals surface area contributed by atoms with Crippen LogP contribution in [0.4, 0.5) is 0 Å². The molecule has 0 aromatic heterocycles. The number of allylic oxidation sites excluding steroid dienone is 3. The summed E-state index contributed by atoms with van der Waals surface area (Å²) in [4.78, 5) is 37.8. The molecule has 0 aromatic carbocycles. The highest BCUT2D eigenvalue weighted by Crippen LogP contribution is 2.55. The number of hydrogen-bond donors (Lipinski definition) is 3. The van der Waals surface area contributed by atoms with Crippen molar-refractivity contribution in [1.29, 1.82) is 0 Å². The Hall–Kier alpha value is -2.25. The molecule has 1 heterocycles. The molecule has 5 unspecified atom stereocenters. The van der Waals surface area contributed by atoms with E-state index in [1.165, 1.54) is 6.08 Å². The van der Waals surface area contributed by atoms with Gasteiger partial charge in [-0.2, -0.15) is 0 Å². The standard InChI is InChI=1S/C20H22O7/c1-7(2)11-15(23)12-9(14(22)16(11)24)6-8-10(21)4-5-20(3)13(8)18(17(12)25)27-19(20)26/h6-7,10,13,17-18,21,23,25H,4-5H2,1-3H3. The van der Waals surface area contributed by atoms with Crippen LogP contribution in [0.5, 0.6) is 0 Å². The number of Topliss-reactive ketones (excluding diaryl/α,β-unsaturated/α-hetero) is 2. The van der Waals surface area contributed by atoms with Gasteiger partial charge >= 0.3 is 5.97 Å². The van der Waals surface area contributed by atoms with Crippen molar-refractivity contribution in [2.75, 3.05) is 0 Å². The van der Waals surface area contributed by atoms with Crippen LogP contribution in [0.15, 0.2) is 34.1 Å². The zero-order valence-corrected chi connectivity index (χ0v) is 15.4. The summed E-state index contributed by atoms with van der Waals surface area (Å²) in [6.07, 6.45) is -1.36. The van der Waals surface area contributed by atoms with Gasteiger partial charge in [0.05, 0.1) is 11.5 Å². The number of rotatable bonds is 1. The number of ether oxygens (including phenoxy) is 1. The molecule has 0 radical (unpaired) electrons. The van der Waals surface area contributed by atoms with Crippen LogP contribution in [-0.2, 0) is 19.1 Å². The summed E-state index contributed by atoms with van der Waals surface area (Å²) in [6.45, 7) is 5.05. The van der Waals surface area contributed by atoms with Crippen LogP contribution in [0.2, 0.25) is 0 Å². The summed E-state index contributed by atoms with van der Waals surface area (Å²) in [5.74, 6) is -3.61. The van der Waals surface area contributed by atoms with E-state index in [0.717, 1.165) is 0 Å². The molecule has 7 nitrogen and oxygen atoms in total. The fourth-order valence-corrected chi connectivity index (χ4v) is 4.93. The van der Waals surface area contributed by atoms with E-state index < -0.39 is 58.9 Å². The molecule has 0 bridgehead atoms. The largest absolute Gasteiger partial charge is 0.507 e. The Bertz CT molecular complexity index is 875. The Balaban J connectivity index is 1.98. The van der Waals surface area contributed by atoms with Crippen molar-refractivity contribution in [1.82, 2.24) is 0 Å². The third-order valence-corrected chi connectivity index (χ3v) is 6.40. The molecule has 1 saturated heterocycles. The molecule has 27 heavy (non-hydrogen) atoms. The Morgan fingerprint density at radius 2 is 1.85 bits per heavy atom. The van der Waals surface area contributed by atoms with E-state index in [1.54, 1.807) is 20.8 Å². The fraction of sp³-hybridized carbons (Fsp3) is 0.550. The number of carbonyl (C=O) groups is 3. The van der Waals surface area contributed by atoms with E-state index in [4.69, 9.17) is 4.74 Å². The Kier molecular flexibility index (Phi) is 3.78. The first-order chi connectivity index (χ1) is 12.6. The highest BCUT2D eigenvalue weighted by molar-refractivity contribution is 6.51. The Labute approximate surface area is 156 Å². The predicted octanol–water partition coefficient (Wildman–Crippen LogP) is 0.906. The van der Waals surface area contributed by atoms with Crippen LogP contribution >= 0.6 is 0 Å². The lowest BCUT2D eigenvalue weighted by atomic mass is 9.63. The number of esters is 1. The minimum Gasteiger partial charge on any atom is -0.507 e. The van der Waals surface area contributed by atoms with Crippen molar-refractivity contribution in [3.05, 3.63) is 34.1 Å². The Morgan fingerprint density at radius 3 is 2.48 bits per heavy atom. The monoisotopic (exact) mass is 374 g/mol. The third kappa shape index (κ3) is 2.18. The number of aliphatic hydroxyl groups excluding tert-OH is 3. The van der Waals surface area contributed by atoms with Crippen molar-refractivity contribution in [3.8, 4) is 0 Å². The Morgan fingerprint density at radius 1 is 1.19 bits per heavy atom. The van der Waals surface area contributed by atoms with Crippen molar-refractivity contribution in [2.24, 2.45) is 17.3 Å². The van der Waals surface area contributed by atoms with E-state index in [2.05, 4.69) is 0 Å². The van der Waals surface area contributed by atoms with Crippen LogP contribution in [0.25, 0.3) is 0 Å². The quantitative estimate of drug-likeness (QED) is 0.354. The molecule has 2 fully saturated rings.